The molecule has 0 fully saturated rings. The number of esters is 1. The summed E-state index contributed by atoms with van der Waals surface area (Å²) >= 11 is 0. The predicted octanol–water partition coefficient (Wildman–Crippen LogP) is 6.56. The Morgan fingerprint density at radius 1 is 1.11 bits per heavy atom. The third-order valence-corrected chi connectivity index (χ3v) is 6.19. The number of fused-ring (bicyclic) bond motifs is 3. The van der Waals surface area contributed by atoms with Crippen molar-refractivity contribution in [3.05, 3.63) is 54.0 Å². The SMILES string of the molecule is CCOC(=O)[C@H](CC(C)(C)F)N[C@@H](c1ccc2c(c1)oc1ccc(-c3cn(C)c(C)n3)cc12)C(F)(F)F. The van der Waals surface area contributed by atoms with Crippen molar-refractivity contribution in [3.8, 4) is 11.3 Å². The molecule has 0 spiro atoms. The fourth-order valence-corrected chi connectivity index (χ4v) is 4.35. The largest absolute Gasteiger partial charge is 0.465 e. The van der Waals surface area contributed by atoms with Gasteiger partial charge in [-0.2, -0.15) is 13.2 Å². The van der Waals surface area contributed by atoms with Crippen molar-refractivity contribution in [1.82, 2.24) is 14.9 Å². The number of imidazole rings is 1. The van der Waals surface area contributed by atoms with Gasteiger partial charge in [-0.05, 0) is 57.5 Å². The Bertz CT molecular complexity index is 1410. The fourth-order valence-electron chi connectivity index (χ4n) is 4.35. The lowest BCUT2D eigenvalue weighted by molar-refractivity contribution is -0.165. The Morgan fingerprint density at radius 3 is 2.43 bits per heavy atom. The molecular formula is C27H29F4N3O3. The van der Waals surface area contributed by atoms with Crippen LogP contribution in [0.2, 0.25) is 0 Å². The van der Waals surface area contributed by atoms with Crippen molar-refractivity contribution in [2.75, 3.05) is 6.61 Å². The van der Waals surface area contributed by atoms with Gasteiger partial charge in [0.05, 0.1) is 12.3 Å². The highest BCUT2D eigenvalue weighted by Crippen LogP contribution is 2.38. The van der Waals surface area contributed by atoms with E-state index in [9.17, 15) is 22.4 Å². The summed E-state index contributed by atoms with van der Waals surface area (Å²) in [6, 6.07) is 5.95. The molecule has 4 aromatic rings. The quantitative estimate of drug-likeness (QED) is 0.211. The molecule has 0 aliphatic carbocycles. The lowest BCUT2D eigenvalue weighted by Crippen LogP contribution is -2.47. The van der Waals surface area contributed by atoms with Gasteiger partial charge < -0.3 is 13.7 Å². The van der Waals surface area contributed by atoms with Gasteiger partial charge in [0, 0.05) is 36.0 Å². The van der Waals surface area contributed by atoms with E-state index < -0.39 is 36.3 Å². The Labute approximate surface area is 211 Å². The summed E-state index contributed by atoms with van der Waals surface area (Å²) < 4.78 is 69.6. The number of aromatic nitrogens is 2. The van der Waals surface area contributed by atoms with Crippen molar-refractivity contribution in [3.63, 3.8) is 0 Å². The van der Waals surface area contributed by atoms with Crippen LogP contribution in [0, 0.1) is 6.92 Å². The molecule has 198 valence electrons. The third-order valence-electron chi connectivity index (χ3n) is 6.19. The zero-order valence-electron chi connectivity index (χ0n) is 21.2. The molecule has 0 amide bonds. The first-order valence-corrected chi connectivity index (χ1v) is 11.9. The van der Waals surface area contributed by atoms with E-state index in [2.05, 4.69) is 10.3 Å². The van der Waals surface area contributed by atoms with Crippen LogP contribution in [0.3, 0.4) is 0 Å². The second-order valence-corrected chi connectivity index (χ2v) is 9.72. The molecule has 6 nitrogen and oxygen atoms in total. The Hall–Kier alpha value is -3.40. The molecule has 0 aliphatic heterocycles. The molecule has 4 rings (SSSR count). The molecule has 37 heavy (non-hydrogen) atoms. The minimum Gasteiger partial charge on any atom is -0.465 e. The van der Waals surface area contributed by atoms with Crippen molar-refractivity contribution in [2.45, 2.75) is 58.0 Å². The first-order valence-electron chi connectivity index (χ1n) is 11.9. The highest BCUT2D eigenvalue weighted by Gasteiger charge is 2.44. The van der Waals surface area contributed by atoms with Gasteiger partial charge >= 0.3 is 12.1 Å². The second-order valence-electron chi connectivity index (χ2n) is 9.72. The molecule has 0 unspecified atom stereocenters. The van der Waals surface area contributed by atoms with Gasteiger partial charge in [0.2, 0.25) is 0 Å². The van der Waals surface area contributed by atoms with Crippen LogP contribution < -0.4 is 5.32 Å². The molecule has 0 radical (unpaired) electrons. The van der Waals surface area contributed by atoms with Gasteiger partial charge in [-0.3, -0.25) is 10.1 Å². The number of alkyl halides is 4. The van der Waals surface area contributed by atoms with Crippen LogP contribution in [0.5, 0.6) is 0 Å². The summed E-state index contributed by atoms with van der Waals surface area (Å²) in [7, 11) is 1.89. The van der Waals surface area contributed by atoms with Crippen molar-refractivity contribution >= 4 is 27.9 Å². The Kier molecular flexibility index (Phi) is 7.07. The topological polar surface area (TPSA) is 69.3 Å². The number of aryl methyl sites for hydroxylation is 2. The van der Waals surface area contributed by atoms with E-state index in [1.54, 1.807) is 12.1 Å². The van der Waals surface area contributed by atoms with Crippen LogP contribution in [-0.4, -0.2) is 40.0 Å². The summed E-state index contributed by atoms with van der Waals surface area (Å²) in [6.07, 6.45) is -3.36. The second kappa shape index (κ2) is 9.81. The zero-order chi connectivity index (χ0) is 27.1. The van der Waals surface area contributed by atoms with E-state index >= 15 is 0 Å². The van der Waals surface area contributed by atoms with Crippen LogP contribution >= 0.6 is 0 Å². The highest BCUT2D eigenvalue weighted by molar-refractivity contribution is 6.06. The monoisotopic (exact) mass is 519 g/mol. The van der Waals surface area contributed by atoms with E-state index in [0.717, 1.165) is 22.5 Å². The van der Waals surface area contributed by atoms with Crippen LogP contribution in [0.15, 0.2) is 47.0 Å². The first kappa shape index (κ1) is 26.7. The van der Waals surface area contributed by atoms with Crippen LogP contribution in [0.25, 0.3) is 33.2 Å². The highest BCUT2D eigenvalue weighted by atomic mass is 19.4. The molecule has 2 heterocycles. The van der Waals surface area contributed by atoms with Gasteiger partial charge in [0.15, 0.2) is 0 Å². The lowest BCUT2D eigenvalue weighted by atomic mass is 9.97. The van der Waals surface area contributed by atoms with Gasteiger partial charge in [-0.15, -0.1) is 0 Å². The number of rotatable bonds is 8. The van der Waals surface area contributed by atoms with Gasteiger partial charge in [0.25, 0.3) is 0 Å². The van der Waals surface area contributed by atoms with Crippen molar-refractivity contribution in [2.24, 2.45) is 7.05 Å². The summed E-state index contributed by atoms with van der Waals surface area (Å²) in [5.41, 5.74) is 0.345. The molecule has 1 N–H and O–H groups in total. The lowest BCUT2D eigenvalue weighted by Gasteiger charge is -2.29. The molecule has 2 aromatic heterocycles. The van der Waals surface area contributed by atoms with E-state index in [1.165, 1.54) is 32.9 Å². The third kappa shape index (κ3) is 5.79. The molecule has 2 atom stereocenters. The average molecular weight is 520 g/mol. The number of benzene rings is 2. The Morgan fingerprint density at radius 2 is 1.84 bits per heavy atom. The first-order chi connectivity index (χ1) is 17.3. The standard InChI is InChI=1S/C27H29F4N3O3/c1-6-36-25(35)20(13-26(3,4)28)33-24(27(29,30)31)17-7-9-18-19-11-16(21-14-34(5)15(2)32-21)8-10-22(19)37-23(18)12-17/h7-12,14,20,24,33H,6,13H2,1-5H3/t20-,24-/m0/s1. The number of nitrogens with zero attached hydrogens (tertiary/aromatic N) is 2. The molecule has 0 saturated carbocycles. The molecule has 10 heteroatoms. The summed E-state index contributed by atoms with van der Waals surface area (Å²) in [6.45, 7) is 5.79. The molecule has 0 aliphatic rings. The maximum atomic E-state index is 14.3. The number of furan rings is 1. The van der Waals surface area contributed by atoms with E-state index in [0.29, 0.717) is 11.0 Å². The van der Waals surface area contributed by atoms with Gasteiger partial charge in [0.1, 0.15) is 34.7 Å². The van der Waals surface area contributed by atoms with Gasteiger partial charge in [-0.1, -0.05) is 12.1 Å². The van der Waals surface area contributed by atoms with E-state index in [-0.39, 0.29) is 17.8 Å². The molecular weight excluding hydrogens is 490 g/mol. The maximum absolute atomic E-state index is 14.3. The number of ether oxygens (including phenoxy) is 1. The number of halogens is 4. The maximum Gasteiger partial charge on any atom is 0.407 e. The molecule has 0 bridgehead atoms. The minimum atomic E-state index is -4.77. The fraction of sp³-hybridized carbons (Fsp3) is 0.407. The number of hydrogen-bond donors (Lipinski definition) is 1. The number of carbonyl (C=O) groups excluding carboxylic acids is 1. The number of hydrogen-bond acceptors (Lipinski definition) is 5. The van der Waals surface area contributed by atoms with E-state index in [4.69, 9.17) is 9.15 Å². The number of carbonyl (C=O) groups is 1. The summed E-state index contributed by atoms with van der Waals surface area (Å²) in [5.74, 6) is -0.0932. The predicted molar refractivity (Wildman–Crippen MR) is 133 cm³/mol. The van der Waals surface area contributed by atoms with Gasteiger partial charge in [-0.25, -0.2) is 9.37 Å². The smallest absolute Gasteiger partial charge is 0.407 e. The molecule has 2 aromatic carbocycles. The minimum absolute atomic E-state index is 0.0363. The van der Waals surface area contributed by atoms with Crippen molar-refractivity contribution < 1.29 is 31.5 Å². The Balaban J connectivity index is 1.73. The van der Waals surface area contributed by atoms with Crippen molar-refractivity contribution in [1.29, 1.82) is 0 Å². The summed E-state index contributed by atoms with van der Waals surface area (Å²) in [5, 5.41) is 3.67. The van der Waals surface area contributed by atoms with Crippen LogP contribution in [0.1, 0.15) is 44.6 Å². The number of nitrogens with one attached hydrogen (secondary N) is 1. The summed E-state index contributed by atoms with van der Waals surface area (Å²) in [4.78, 5) is 16.9. The molecule has 0 saturated heterocycles. The zero-order valence-corrected chi connectivity index (χ0v) is 21.2. The van der Waals surface area contributed by atoms with Crippen LogP contribution in [0.4, 0.5) is 17.6 Å². The average Bonchev–Trinajstić information content (AvgIpc) is 3.33. The van der Waals surface area contributed by atoms with Crippen LogP contribution in [-0.2, 0) is 16.6 Å². The van der Waals surface area contributed by atoms with E-state index in [1.807, 2.05) is 36.9 Å². The normalized spacial score (nSPS) is 14.3.